The van der Waals surface area contributed by atoms with Gasteiger partial charge in [0.15, 0.2) is 0 Å². The number of carbonyl (C=O) groups is 3. The molecule has 0 saturated carbocycles. The van der Waals surface area contributed by atoms with Gasteiger partial charge in [-0.3, -0.25) is 14.5 Å². The lowest BCUT2D eigenvalue weighted by atomic mass is 10.0. The number of benzene rings is 2. The number of methoxy groups -OCH3 is 1. The number of nitrogens with zero attached hydrogens (tertiary/aromatic N) is 1. The molecule has 0 aliphatic carbocycles. The third-order valence-electron chi connectivity index (χ3n) is 5.49. The Bertz CT molecular complexity index is 1100. The fourth-order valence-electron chi connectivity index (χ4n) is 3.73. The predicted octanol–water partition coefficient (Wildman–Crippen LogP) is 2.82. The summed E-state index contributed by atoms with van der Waals surface area (Å²) in [6.07, 6.45) is 1.76. The minimum atomic E-state index is -0.679. The van der Waals surface area contributed by atoms with Crippen LogP contribution in [0.25, 0.3) is 0 Å². The molecule has 2 aromatic carbocycles. The van der Waals surface area contributed by atoms with E-state index in [1.165, 1.54) is 16.7 Å². The molecule has 7 nitrogen and oxygen atoms in total. The highest BCUT2D eigenvalue weighted by molar-refractivity contribution is 8.00. The molecule has 0 aromatic heterocycles. The number of amides is 2. The number of fused-ring (bicyclic) bond motifs is 1. The van der Waals surface area contributed by atoms with E-state index in [-0.39, 0.29) is 35.9 Å². The number of thioether (sulfide) groups is 1. The standard InChI is InChI=1S/C25H24N2O5S/c1-3-18-15-33-24-21(26-20(28)13-16-7-5-4-6-8-16)23(29)27(24)22(18)25(30)32-14-17-9-11-19(31-2)12-10-17/h3-12,21,24H,1,13-15H2,2H3,(H,26,28)/t21-,24?/m1/s1. The first-order valence-electron chi connectivity index (χ1n) is 10.5. The van der Waals surface area contributed by atoms with Crippen LogP contribution in [0.3, 0.4) is 0 Å². The molecule has 0 radical (unpaired) electrons. The summed E-state index contributed by atoms with van der Waals surface area (Å²) in [7, 11) is 1.58. The normalized spacial score (nSPS) is 19.3. The molecule has 2 aliphatic rings. The molecule has 170 valence electrons. The van der Waals surface area contributed by atoms with Crippen LogP contribution < -0.4 is 10.1 Å². The van der Waals surface area contributed by atoms with Crippen molar-refractivity contribution in [1.82, 2.24) is 10.2 Å². The molecule has 2 atom stereocenters. The quantitative estimate of drug-likeness (QED) is 0.478. The number of carbonyl (C=O) groups excluding carboxylic acids is 3. The minimum Gasteiger partial charge on any atom is -0.497 e. The summed E-state index contributed by atoms with van der Waals surface area (Å²) in [5, 5.41) is 2.45. The van der Waals surface area contributed by atoms with Gasteiger partial charge in [0.05, 0.1) is 13.5 Å². The van der Waals surface area contributed by atoms with Gasteiger partial charge in [0.25, 0.3) is 5.91 Å². The van der Waals surface area contributed by atoms with Crippen molar-refractivity contribution in [1.29, 1.82) is 0 Å². The Morgan fingerprint density at radius 3 is 2.55 bits per heavy atom. The van der Waals surface area contributed by atoms with E-state index in [1.807, 2.05) is 42.5 Å². The molecule has 1 fully saturated rings. The van der Waals surface area contributed by atoms with E-state index in [0.717, 1.165) is 11.1 Å². The van der Waals surface area contributed by atoms with E-state index < -0.39 is 12.0 Å². The number of allylic oxidation sites excluding steroid dienone is 1. The first-order valence-corrected chi connectivity index (χ1v) is 11.5. The Kier molecular flexibility index (Phi) is 6.84. The van der Waals surface area contributed by atoms with Crippen molar-refractivity contribution < 1.29 is 23.9 Å². The lowest BCUT2D eigenvalue weighted by molar-refractivity contribution is -0.153. The topological polar surface area (TPSA) is 84.9 Å². The van der Waals surface area contributed by atoms with Crippen LogP contribution in [0, 0.1) is 0 Å². The molecule has 2 heterocycles. The van der Waals surface area contributed by atoms with Gasteiger partial charge in [-0.25, -0.2) is 4.79 Å². The van der Waals surface area contributed by atoms with Gasteiger partial charge >= 0.3 is 5.97 Å². The lowest BCUT2D eigenvalue weighted by Gasteiger charge is -2.49. The average Bonchev–Trinajstić information content (AvgIpc) is 2.85. The van der Waals surface area contributed by atoms with Crippen LogP contribution in [0.2, 0.25) is 0 Å². The van der Waals surface area contributed by atoms with E-state index in [0.29, 0.717) is 17.1 Å². The van der Waals surface area contributed by atoms with E-state index in [2.05, 4.69) is 11.9 Å². The van der Waals surface area contributed by atoms with Crippen molar-refractivity contribution in [2.24, 2.45) is 0 Å². The summed E-state index contributed by atoms with van der Waals surface area (Å²) >= 11 is 1.49. The molecule has 33 heavy (non-hydrogen) atoms. The fourth-order valence-corrected chi connectivity index (χ4v) is 5.07. The third kappa shape index (κ3) is 4.80. The van der Waals surface area contributed by atoms with Crippen molar-refractivity contribution in [2.75, 3.05) is 12.9 Å². The van der Waals surface area contributed by atoms with Crippen LogP contribution in [0.15, 0.2) is 78.5 Å². The molecule has 2 amide bonds. The maximum atomic E-state index is 12.9. The second-order valence-corrected chi connectivity index (χ2v) is 8.72. The molecule has 2 aromatic rings. The van der Waals surface area contributed by atoms with Crippen molar-refractivity contribution >= 4 is 29.5 Å². The van der Waals surface area contributed by atoms with Crippen molar-refractivity contribution in [3.63, 3.8) is 0 Å². The van der Waals surface area contributed by atoms with Crippen LogP contribution in [0.1, 0.15) is 11.1 Å². The zero-order chi connectivity index (χ0) is 23.4. The number of esters is 1. The maximum Gasteiger partial charge on any atom is 0.355 e. The van der Waals surface area contributed by atoms with E-state index >= 15 is 0 Å². The predicted molar refractivity (Wildman–Crippen MR) is 125 cm³/mol. The molecular weight excluding hydrogens is 440 g/mol. The summed E-state index contributed by atoms with van der Waals surface area (Å²) < 4.78 is 10.6. The second kappa shape index (κ2) is 9.95. The molecule has 2 aliphatic heterocycles. The van der Waals surface area contributed by atoms with Gasteiger partial charge in [0, 0.05) is 5.75 Å². The summed E-state index contributed by atoms with van der Waals surface area (Å²) in [4.78, 5) is 39.7. The molecule has 1 saturated heterocycles. The van der Waals surface area contributed by atoms with Gasteiger partial charge in [0.2, 0.25) is 5.91 Å². The number of β-lactam (4-membered cyclic amide) rings is 1. The molecule has 1 unspecified atom stereocenters. The van der Waals surface area contributed by atoms with Gasteiger partial charge in [-0.2, -0.15) is 0 Å². The van der Waals surface area contributed by atoms with Gasteiger partial charge in [-0.1, -0.05) is 55.1 Å². The summed E-state index contributed by atoms with van der Waals surface area (Å²) in [6, 6.07) is 15.8. The van der Waals surface area contributed by atoms with Crippen molar-refractivity contribution in [2.45, 2.75) is 24.4 Å². The molecule has 0 bridgehead atoms. The van der Waals surface area contributed by atoms with Gasteiger partial charge < -0.3 is 14.8 Å². The highest BCUT2D eigenvalue weighted by Gasteiger charge is 2.54. The number of hydrogen-bond donors (Lipinski definition) is 1. The molecule has 1 N–H and O–H groups in total. The SMILES string of the molecule is C=CC1=C(C(=O)OCc2ccc(OC)cc2)N2C(=O)[C@@H](NC(=O)Cc3ccccc3)C2SC1. The van der Waals surface area contributed by atoms with E-state index in [9.17, 15) is 14.4 Å². The van der Waals surface area contributed by atoms with Crippen LogP contribution in [-0.4, -0.2) is 47.0 Å². The summed E-state index contributed by atoms with van der Waals surface area (Å²) in [5.74, 6) is 0.0517. The Labute approximate surface area is 196 Å². The molecular formula is C25H24N2O5S. The van der Waals surface area contributed by atoms with Crippen molar-refractivity contribution in [3.05, 3.63) is 89.6 Å². The van der Waals surface area contributed by atoms with Crippen LogP contribution >= 0.6 is 11.8 Å². The number of nitrogens with one attached hydrogen (secondary N) is 1. The van der Waals surface area contributed by atoms with Gasteiger partial charge in [0.1, 0.15) is 29.5 Å². The zero-order valence-corrected chi connectivity index (χ0v) is 19.0. The Morgan fingerprint density at radius 2 is 1.88 bits per heavy atom. The monoisotopic (exact) mass is 464 g/mol. The number of hydrogen-bond acceptors (Lipinski definition) is 6. The van der Waals surface area contributed by atoms with Crippen molar-refractivity contribution in [3.8, 4) is 5.75 Å². The minimum absolute atomic E-state index is 0.0633. The maximum absolute atomic E-state index is 12.9. The molecule has 4 rings (SSSR count). The zero-order valence-electron chi connectivity index (χ0n) is 18.2. The summed E-state index contributed by atoms with van der Waals surface area (Å²) in [5.41, 5.74) is 2.50. The third-order valence-corrected chi connectivity index (χ3v) is 6.79. The number of rotatable bonds is 8. The Balaban J connectivity index is 1.41. The van der Waals surface area contributed by atoms with Crippen LogP contribution in [0.4, 0.5) is 0 Å². The average molecular weight is 465 g/mol. The van der Waals surface area contributed by atoms with Crippen LogP contribution in [-0.2, 0) is 32.1 Å². The molecule has 8 heteroatoms. The second-order valence-electron chi connectivity index (χ2n) is 7.62. The van der Waals surface area contributed by atoms with Gasteiger partial charge in [-0.05, 0) is 28.8 Å². The first-order chi connectivity index (χ1) is 16.0. The fraction of sp³-hybridized carbons (Fsp3) is 0.240. The number of ether oxygens (including phenoxy) is 2. The smallest absolute Gasteiger partial charge is 0.355 e. The van der Waals surface area contributed by atoms with Crippen LogP contribution in [0.5, 0.6) is 5.75 Å². The first kappa shape index (κ1) is 22.7. The summed E-state index contributed by atoms with van der Waals surface area (Å²) in [6.45, 7) is 3.84. The Morgan fingerprint density at radius 1 is 1.15 bits per heavy atom. The largest absolute Gasteiger partial charge is 0.497 e. The Hall–Kier alpha value is -3.52. The highest BCUT2D eigenvalue weighted by atomic mass is 32.2. The van der Waals surface area contributed by atoms with E-state index in [1.54, 1.807) is 25.3 Å². The van der Waals surface area contributed by atoms with Gasteiger partial charge in [-0.15, -0.1) is 11.8 Å². The lowest BCUT2D eigenvalue weighted by Crippen LogP contribution is -2.70. The molecule has 0 spiro atoms. The highest BCUT2D eigenvalue weighted by Crippen LogP contribution is 2.41. The van der Waals surface area contributed by atoms with E-state index in [4.69, 9.17) is 9.47 Å².